The second-order valence-electron chi connectivity index (χ2n) is 5.12. The third-order valence-electron chi connectivity index (χ3n) is 2.61. The van der Waals surface area contributed by atoms with Gasteiger partial charge in [-0.2, -0.15) is 5.10 Å². The molecule has 0 radical (unpaired) electrons. The molecule has 5 nitrogen and oxygen atoms in total. The van der Waals surface area contributed by atoms with Gasteiger partial charge in [-0.1, -0.05) is 20.8 Å². The van der Waals surface area contributed by atoms with Crippen LogP contribution in [0.5, 0.6) is 0 Å². The predicted molar refractivity (Wildman–Crippen MR) is 63.5 cm³/mol. The first-order valence-corrected chi connectivity index (χ1v) is 5.55. The van der Waals surface area contributed by atoms with Gasteiger partial charge in [0.2, 0.25) is 0 Å². The van der Waals surface area contributed by atoms with Crippen LogP contribution >= 0.6 is 0 Å². The third kappa shape index (κ3) is 3.30. The van der Waals surface area contributed by atoms with Crippen molar-refractivity contribution in [1.82, 2.24) is 9.78 Å². The van der Waals surface area contributed by atoms with Crippen molar-refractivity contribution < 1.29 is 14.6 Å². The normalized spacial score (nSPS) is 13.5. The number of ether oxygens (including phenoxy) is 1. The molecule has 5 heteroatoms. The first-order chi connectivity index (χ1) is 7.75. The summed E-state index contributed by atoms with van der Waals surface area (Å²) in [4.78, 5) is 11.1. The fourth-order valence-electron chi connectivity index (χ4n) is 1.51. The molecule has 0 spiro atoms. The molecule has 17 heavy (non-hydrogen) atoms. The maximum atomic E-state index is 11.1. The fourth-order valence-corrected chi connectivity index (χ4v) is 1.51. The minimum absolute atomic E-state index is 0.0559. The molecule has 1 unspecified atom stereocenters. The Labute approximate surface area is 101 Å². The molecular formula is C12H20N2O3. The Morgan fingerprint density at radius 3 is 2.59 bits per heavy atom. The van der Waals surface area contributed by atoms with Crippen LogP contribution in [0.25, 0.3) is 0 Å². The molecule has 1 rings (SSSR count). The van der Waals surface area contributed by atoms with Crippen molar-refractivity contribution >= 4 is 5.97 Å². The summed E-state index contributed by atoms with van der Waals surface area (Å²) in [5.41, 5.74) is 1.43. The summed E-state index contributed by atoms with van der Waals surface area (Å²) in [6.45, 7) is 6.14. The van der Waals surface area contributed by atoms with E-state index in [1.54, 1.807) is 11.7 Å². The van der Waals surface area contributed by atoms with E-state index >= 15 is 0 Å². The summed E-state index contributed by atoms with van der Waals surface area (Å²) in [6, 6.07) is 1.83. The molecule has 0 bridgehead atoms. The molecular weight excluding hydrogens is 220 g/mol. The topological polar surface area (TPSA) is 64.3 Å². The van der Waals surface area contributed by atoms with E-state index in [0.29, 0.717) is 5.69 Å². The lowest BCUT2D eigenvalue weighted by molar-refractivity contribution is -0.143. The smallest absolute Gasteiger partial charge is 0.308 e. The number of aliphatic hydroxyl groups is 1. The van der Waals surface area contributed by atoms with E-state index in [2.05, 4.69) is 9.84 Å². The highest BCUT2D eigenvalue weighted by atomic mass is 16.5. The molecule has 0 aliphatic rings. The van der Waals surface area contributed by atoms with E-state index in [9.17, 15) is 9.90 Å². The number of aryl methyl sites for hydroxylation is 1. The van der Waals surface area contributed by atoms with Crippen molar-refractivity contribution in [1.29, 1.82) is 0 Å². The summed E-state index contributed by atoms with van der Waals surface area (Å²) >= 11 is 0. The summed E-state index contributed by atoms with van der Waals surface area (Å²) in [6.07, 6.45) is -0.935. The predicted octanol–water partition coefficient (Wildman–Crippen LogP) is 1.31. The van der Waals surface area contributed by atoms with Crippen molar-refractivity contribution in [3.8, 4) is 0 Å². The highest BCUT2D eigenvalue weighted by Crippen LogP contribution is 2.25. The minimum Gasteiger partial charge on any atom is -0.469 e. The fraction of sp³-hybridized carbons (Fsp3) is 0.667. The van der Waals surface area contributed by atoms with Crippen LogP contribution < -0.4 is 0 Å². The first-order valence-electron chi connectivity index (χ1n) is 5.55. The van der Waals surface area contributed by atoms with Crippen LogP contribution in [0.15, 0.2) is 6.07 Å². The molecule has 1 heterocycles. The molecule has 1 aromatic heterocycles. The van der Waals surface area contributed by atoms with E-state index in [1.165, 1.54) is 7.11 Å². The minimum atomic E-state index is -0.879. The number of carbonyl (C=O) groups excluding carboxylic acids is 1. The van der Waals surface area contributed by atoms with Crippen molar-refractivity contribution in [2.45, 2.75) is 38.7 Å². The number of nitrogens with zero attached hydrogens (tertiary/aromatic N) is 2. The Hall–Kier alpha value is -1.36. The molecule has 96 valence electrons. The second-order valence-corrected chi connectivity index (χ2v) is 5.12. The molecule has 1 N–H and O–H groups in total. The van der Waals surface area contributed by atoms with E-state index in [4.69, 9.17) is 0 Å². The Bertz CT molecular complexity index is 404. The Kier molecular flexibility index (Phi) is 3.93. The van der Waals surface area contributed by atoms with Gasteiger partial charge < -0.3 is 9.84 Å². The zero-order valence-electron chi connectivity index (χ0n) is 11.0. The van der Waals surface area contributed by atoms with Crippen LogP contribution in [0.2, 0.25) is 0 Å². The maximum absolute atomic E-state index is 11.1. The lowest BCUT2D eigenvalue weighted by Gasteiger charge is -2.13. The van der Waals surface area contributed by atoms with Gasteiger partial charge in [0.05, 0.1) is 24.9 Å². The highest BCUT2D eigenvalue weighted by Gasteiger charge is 2.23. The largest absolute Gasteiger partial charge is 0.469 e. The van der Waals surface area contributed by atoms with Gasteiger partial charge in [-0.05, 0) is 6.07 Å². The Morgan fingerprint density at radius 2 is 2.18 bits per heavy atom. The molecule has 1 atom stereocenters. The first kappa shape index (κ1) is 13.7. The number of hydrogen-bond donors (Lipinski definition) is 1. The van der Waals surface area contributed by atoms with Gasteiger partial charge in [0.15, 0.2) is 0 Å². The van der Waals surface area contributed by atoms with Gasteiger partial charge in [0, 0.05) is 12.5 Å². The number of methoxy groups -OCH3 is 1. The van der Waals surface area contributed by atoms with Crippen LogP contribution in [0.1, 0.15) is 44.7 Å². The SMILES string of the molecule is COC(=O)CC(O)c1cc(C(C)(C)C)nn1C. The average Bonchev–Trinajstić information content (AvgIpc) is 2.59. The number of hydrogen-bond acceptors (Lipinski definition) is 4. The lowest BCUT2D eigenvalue weighted by atomic mass is 9.92. The number of aliphatic hydroxyl groups excluding tert-OH is 1. The van der Waals surface area contributed by atoms with E-state index in [1.807, 2.05) is 26.8 Å². The van der Waals surface area contributed by atoms with Gasteiger partial charge in [-0.25, -0.2) is 0 Å². The molecule has 0 amide bonds. The molecule has 0 saturated carbocycles. The summed E-state index contributed by atoms with van der Waals surface area (Å²) in [5, 5.41) is 14.3. The Morgan fingerprint density at radius 1 is 1.59 bits per heavy atom. The third-order valence-corrected chi connectivity index (χ3v) is 2.61. The van der Waals surface area contributed by atoms with Crippen LogP contribution in [0.4, 0.5) is 0 Å². The van der Waals surface area contributed by atoms with Crippen LogP contribution in [-0.2, 0) is 22.0 Å². The van der Waals surface area contributed by atoms with Crippen molar-refractivity contribution in [2.24, 2.45) is 7.05 Å². The molecule has 0 fully saturated rings. The lowest BCUT2D eigenvalue weighted by Crippen LogP contribution is -2.12. The van der Waals surface area contributed by atoms with Gasteiger partial charge >= 0.3 is 5.97 Å². The van der Waals surface area contributed by atoms with E-state index in [0.717, 1.165) is 5.69 Å². The summed E-state index contributed by atoms with van der Waals surface area (Å²) in [7, 11) is 3.06. The summed E-state index contributed by atoms with van der Waals surface area (Å²) < 4.78 is 6.13. The number of esters is 1. The Balaban J connectivity index is 2.91. The van der Waals surface area contributed by atoms with Crippen LogP contribution in [-0.4, -0.2) is 28.0 Å². The van der Waals surface area contributed by atoms with Gasteiger partial charge in [-0.15, -0.1) is 0 Å². The van der Waals surface area contributed by atoms with Gasteiger partial charge in [0.1, 0.15) is 6.10 Å². The monoisotopic (exact) mass is 240 g/mol. The standard InChI is InChI=1S/C12H20N2O3/c1-12(2,3)10-6-8(14(4)13-10)9(15)7-11(16)17-5/h6,9,15H,7H2,1-5H3. The number of carbonyl (C=O) groups is 1. The molecule has 1 aromatic rings. The zero-order valence-corrected chi connectivity index (χ0v) is 11.0. The van der Waals surface area contributed by atoms with Crippen LogP contribution in [0.3, 0.4) is 0 Å². The molecule has 0 aromatic carbocycles. The van der Waals surface area contributed by atoms with E-state index < -0.39 is 12.1 Å². The number of aromatic nitrogens is 2. The average molecular weight is 240 g/mol. The molecule has 0 saturated heterocycles. The molecule has 0 aliphatic carbocycles. The van der Waals surface area contributed by atoms with Crippen molar-refractivity contribution in [3.05, 3.63) is 17.5 Å². The number of rotatable bonds is 3. The van der Waals surface area contributed by atoms with Crippen LogP contribution in [0, 0.1) is 0 Å². The van der Waals surface area contributed by atoms with Gasteiger partial charge in [-0.3, -0.25) is 9.48 Å². The zero-order chi connectivity index (χ0) is 13.2. The quantitative estimate of drug-likeness (QED) is 0.809. The van der Waals surface area contributed by atoms with Gasteiger partial charge in [0.25, 0.3) is 0 Å². The highest BCUT2D eigenvalue weighted by molar-refractivity contribution is 5.69. The van der Waals surface area contributed by atoms with E-state index in [-0.39, 0.29) is 11.8 Å². The van der Waals surface area contributed by atoms with Crippen molar-refractivity contribution in [2.75, 3.05) is 7.11 Å². The van der Waals surface area contributed by atoms with Crippen molar-refractivity contribution in [3.63, 3.8) is 0 Å². The molecule has 0 aliphatic heterocycles. The summed E-state index contributed by atoms with van der Waals surface area (Å²) in [5.74, 6) is -0.434. The maximum Gasteiger partial charge on any atom is 0.308 e. The second kappa shape index (κ2) is 4.87.